The second-order valence-corrected chi connectivity index (χ2v) is 5.60. The summed E-state index contributed by atoms with van der Waals surface area (Å²) in [6.07, 6.45) is -0.641. The van der Waals surface area contributed by atoms with Crippen LogP contribution in [0.2, 0.25) is 5.02 Å². The summed E-state index contributed by atoms with van der Waals surface area (Å²) >= 11 is 9.48. The fourth-order valence-electron chi connectivity index (χ4n) is 1.76. The van der Waals surface area contributed by atoms with Crippen LogP contribution in [0.4, 0.5) is 0 Å². The molecule has 0 bridgehead atoms. The molecule has 1 aliphatic heterocycles. The van der Waals surface area contributed by atoms with Crippen LogP contribution in [0.1, 0.15) is 25.5 Å². The number of aliphatic hydroxyl groups is 1. The molecule has 82 valence electrons. The summed E-state index contributed by atoms with van der Waals surface area (Å²) in [5.74, 6) is 0.663. The second kappa shape index (κ2) is 3.65. The highest BCUT2D eigenvalue weighted by molar-refractivity contribution is 9.09. The molecule has 1 aliphatic rings. The third-order valence-corrected chi connectivity index (χ3v) is 4.56. The van der Waals surface area contributed by atoms with Crippen LogP contribution < -0.4 is 4.74 Å². The topological polar surface area (TPSA) is 29.5 Å². The van der Waals surface area contributed by atoms with Crippen LogP contribution in [-0.4, -0.2) is 15.5 Å². The second-order valence-electron chi connectivity index (χ2n) is 4.20. The van der Waals surface area contributed by atoms with Gasteiger partial charge < -0.3 is 9.84 Å². The lowest BCUT2D eigenvalue weighted by atomic mass is 9.91. The van der Waals surface area contributed by atoms with Crippen molar-refractivity contribution in [2.24, 2.45) is 0 Å². The lowest BCUT2D eigenvalue weighted by molar-refractivity contribution is 0.0226. The molecule has 0 fully saturated rings. The number of fused-ring (bicyclic) bond motifs is 1. The molecular formula is C11H12BrClO2. The minimum Gasteiger partial charge on any atom is -0.486 e. The summed E-state index contributed by atoms with van der Waals surface area (Å²) in [6.45, 7) is 3.86. The Morgan fingerprint density at radius 2 is 2.13 bits per heavy atom. The van der Waals surface area contributed by atoms with Gasteiger partial charge in [-0.2, -0.15) is 0 Å². The van der Waals surface area contributed by atoms with Gasteiger partial charge in [0.25, 0.3) is 0 Å². The first-order valence-electron chi connectivity index (χ1n) is 4.73. The molecule has 15 heavy (non-hydrogen) atoms. The Bertz CT molecular complexity index is 392. The molecule has 0 saturated carbocycles. The largest absolute Gasteiger partial charge is 0.486 e. The SMILES string of the molecule is CC1(C)Oc2cccc(Cl)c2[C@@H](O)[C@@H]1Br. The van der Waals surface area contributed by atoms with E-state index in [2.05, 4.69) is 15.9 Å². The van der Waals surface area contributed by atoms with Gasteiger partial charge in [-0.15, -0.1) is 0 Å². The van der Waals surface area contributed by atoms with E-state index in [0.29, 0.717) is 16.3 Å². The maximum atomic E-state index is 10.1. The lowest BCUT2D eigenvalue weighted by Gasteiger charge is -2.40. The highest BCUT2D eigenvalue weighted by Crippen LogP contribution is 2.45. The highest BCUT2D eigenvalue weighted by Gasteiger charge is 2.42. The van der Waals surface area contributed by atoms with Gasteiger partial charge in [0.2, 0.25) is 0 Å². The van der Waals surface area contributed by atoms with Crippen LogP contribution >= 0.6 is 27.5 Å². The first-order valence-corrected chi connectivity index (χ1v) is 6.02. The summed E-state index contributed by atoms with van der Waals surface area (Å²) in [6, 6.07) is 5.40. The lowest BCUT2D eigenvalue weighted by Crippen LogP contribution is -2.45. The van der Waals surface area contributed by atoms with Crippen molar-refractivity contribution < 1.29 is 9.84 Å². The number of alkyl halides is 1. The molecule has 1 heterocycles. The van der Waals surface area contributed by atoms with Crippen molar-refractivity contribution in [1.29, 1.82) is 0 Å². The van der Waals surface area contributed by atoms with Gasteiger partial charge in [0.1, 0.15) is 17.5 Å². The molecule has 0 aliphatic carbocycles. The Hall–Kier alpha value is -0.250. The van der Waals surface area contributed by atoms with E-state index in [1.807, 2.05) is 26.0 Å². The van der Waals surface area contributed by atoms with Gasteiger partial charge >= 0.3 is 0 Å². The number of ether oxygens (including phenoxy) is 1. The third-order valence-electron chi connectivity index (χ3n) is 2.62. The van der Waals surface area contributed by atoms with E-state index in [1.54, 1.807) is 6.07 Å². The minimum atomic E-state index is -0.641. The summed E-state index contributed by atoms with van der Waals surface area (Å²) < 4.78 is 5.79. The van der Waals surface area contributed by atoms with E-state index in [4.69, 9.17) is 16.3 Å². The maximum absolute atomic E-state index is 10.1. The van der Waals surface area contributed by atoms with Crippen molar-refractivity contribution >= 4 is 27.5 Å². The summed E-state index contributed by atoms with van der Waals surface area (Å²) in [5, 5.41) is 10.7. The van der Waals surface area contributed by atoms with Crippen LogP contribution in [-0.2, 0) is 0 Å². The molecule has 1 aromatic rings. The fourth-order valence-corrected chi connectivity index (χ4v) is 2.39. The summed E-state index contributed by atoms with van der Waals surface area (Å²) in [4.78, 5) is -0.169. The number of benzene rings is 1. The average molecular weight is 292 g/mol. The standard InChI is InChI=1S/C11H12BrClO2/c1-11(2)10(12)9(14)8-6(13)4-3-5-7(8)15-11/h3-5,9-10,14H,1-2H3/t9-,10+/m1/s1. The van der Waals surface area contributed by atoms with E-state index >= 15 is 0 Å². The third kappa shape index (κ3) is 1.77. The van der Waals surface area contributed by atoms with Gasteiger partial charge in [0, 0.05) is 5.56 Å². The molecule has 0 saturated heterocycles. The van der Waals surface area contributed by atoms with Crippen molar-refractivity contribution in [3.05, 3.63) is 28.8 Å². The van der Waals surface area contributed by atoms with E-state index < -0.39 is 11.7 Å². The number of aliphatic hydroxyl groups excluding tert-OH is 1. The molecule has 2 nitrogen and oxygen atoms in total. The first kappa shape index (κ1) is 11.2. The van der Waals surface area contributed by atoms with E-state index in [9.17, 15) is 5.11 Å². The monoisotopic (exact) mass is 290 g/mol. The Balaban J connectivity index is 2.55. The summed E-state index contributed by atoms with van der Waals surface area (Å²) in [5.41, 5.74) is 0.220. The van der Waals surface area contributed by atoms with Gasteiger partial charge in [0.15, 0.2) is 0 Å². The van der Waals surface area contributed by atoms with Crippen molar-refractivity contribution in [3.8, 4) is 5.75 Å². The Labute approximate surface area is 102 Å². The molecule has 1 N–H and O–H groups in total. The molecule has 2 rings (SSSR count). The number of hydrogen-bond acceptors (Lipinski definition) is 2. The predicted octanol–water partition coefficient (Wildman–Crippen LogP) is 3.31. The molecule has 2 atom stereocenters. The molecule has 1 aromatic carbocycles. The van der Waals surface area contributed by atoms with Crippen molar-refractivity contribution in [2.75, 3.05) is 0 Å². The van der Waals surface area contributed by atoms with Gasteiger partial charge in [-0.05, 0) is 26.0 Å². The fraction of sp³-hybridized carbons (Fsp3) is 0.455. The molecule has 0 aromatic heterocycles. The predicted molar refractivity (Wildman–Crippen MR) is 63.8 cm³/mol. The maximum Gasteiger partial charge on any atom is 0.127 e. The van der Waals surface area contributed by atoms with Crippen LogP contribution in [0.25, 0.3) is 0 Å². The number of rotatable bonds is 0. The Kier molecular flexibility index (Phi) is 2.73. The van der Waals surface area contributed by atoms with E-state index in [-0.39, 0.29) is 4.83 Å². The molecule has 0 spiro atoms. The molecule has 4 heteroatoms. The molecular weight excluding hydrogens is 279 g/mol. The smallest absolute Gasteiger partial charge is 0.127 e. The minimum absolute atomic E-state index is 0.169. The normalized spacial score (nSPS) is 28.1. The van der Waals surface area contributed by atoms with Crippen LogP contribution in [0, 0.1) is 0 Å². The summed E-state index contributed by atoms with van der Waals surface area (Å²) in [7, 11) is 0. The number of halogens is 2. The highest BCUT2D eigenvalue weighted by atomic mass is 79.9. The zero-order chi connectivity index (χ0) is 11.2. The number of hydrogen-bond donors (Lipinski definition) is 1. The molecule has 0 amide bonds. The van der Waals surface area contributed by atoms with Gasteiger partial charge in [-0.25, -0.2) is 0 Å². The van der Waals surface area contributed by atoms with Crippen LogP contribution in [0.3, 0.4) is 0 Å². The van der Waals surface area contributed by atoms with Gasteiger partial charge in [0.05, 0.1) is 9.85 Å². The van der Waals surface area contributed by atoms with Crippen molar-refractivity contribution in [2.45, 2.75) is 30.4 Å². The van der Waals surface area contributed by atoms with Gasteiger partial charge in [-0.1, -0.05) is 33.6 Å². The Morgan fingerprint density at radius 1 is 1.47 bits per heavy atom. The van der Waals surface area contributed by atoms with Crippen molar-refractivity contribution in [1.82, 2.24) is 0 Å². The zero-order valence-electron chi connectivity index (χ0n) is 8.50. The van der Waals surface area contributed by atoms with Crippen LogP contribution in [0.5, 0.6) is 5.75 Å². The van der Waals surface area contributed by atoms with Crippen molar-refractivity contribution in [3.63, 3.8) is 0 Å². The van der Waals surface area contributed by atoms with Crippen LogP contribution in [0.15, 0.2) is 18.2 Å². The van der Waals surface area contributed by atoms with Gasteiger partial charge in [-0.3, -0.25) is 0 Å². The molecule has 0 unspecified atom stereocenters. The molecule has 0 radical (unpaired) electrons. The average Bonchev–Trinajstić information content (AvgIpc) is 2.13. The van der Waals surface area contributed by atoms with E-state index in [1.165, 1.54) is 0 Å². The Morgan fingerprint density at radius 3 is 2.80 bits per heavy atom. The van der Waals surface area contributed by atoms with E-state index in [0.717, 1.165) is 0 Å². The quantitative estimate of drug-likeness (QED) is 0.743. The first-order chi connectivity index (χ1) is 6.93. The zero-order valence-corrected chi connectivity index (χ0v) is 10.8.